The van der Waals surface area contributed by atoms with E-state index in [1.54, 1.807) is 12.1 Å². The molecule has 3 rings (SSSR count). The molecule has 0 unspecified atom stereocenters. The van der Waals surface area contributed by atoms with Crippen molar-refractivity contribution in [1.82, 2.24) is 9.80 Å². The summed E-state index contributed by atoms with van der Waals surface area (Å²) in [4.78, 5) is 16.4. The average Bonchev–Trinajstić information content (AvgIpc) is 2.74. The lowest BCUT2D eigenvalue weighted by Crippen LogP contribution is -2.48. The summed E-state index contributed by atoms with van der Waals surface area (Å²) in [7, 11) is -1.19. The van der Waals surface area contributed by atoms with Crippen LogP contribution in [0, 0.1) is 0 Å². The van der Waals surface area contributed by atoms with Crippen molar-refractivity contribution in [2.75, 3.05) is 38.5 Å². The van der Waals surface area contributed by atoms with Crippen molar-refractivity contribution in [3.05, 3.63) is 53.6 Å². The first-order valence-electron chi connectivity index (χ1n) is 11.1. The molecule has 0 radical (unpaired) electrons. The van der Waals surface area contributed by atoms with Crippen LogP contribution in [0.5, 0.6) is 11.5 Å². The van der Waals surface area contributed by atoms with Crippen LogP contribution in [0.15, 0.2) is 42.5 Å². The Labute approximate surface area is 191 Å². The maximum Gasteiger partial charge on any atom is 0.409 e. The van der Waals surface area contributed by atoms with Crippen molar-refractivity contribution in [3.8, 4) is 11.5 Å². The van der Waals surface area contributed by atoms with E-state index in [1.807, 2.05) is 17.0 Å². The predicted molar refractivity (Wildman–Crippen MR) is 130 cm³/mol. The fourth-order valence-electron chi connectivity index (χ4n) is 3.52. The Kier molecular flexibility index (Phi) is 8.03. The van der Waals surface area contributed by atoms with Crippen LogP contribution < -0.4 is 10.5 Å². The van der Waals surface area contributed by atoms with Gasteiger partial charge >= 0.3 is 6.09 Å². The maximum atomic E-state index is 12.3. The molecule has 1 amide bonds. The minimum atomic E-state index is -1.19. The zero-order valence-electron chi connectivity index (χ0n) is 19.3. The number of nitrogens with zero attached hydrogens (tertiary/aromatic N) is 2. The molecule has 1 aliphatic heterocycles. The molecule has 0 atom stereocenters. The highest BCUT2D eigenvalue weighted by Gasteiger charge is 2.23. The van der Waals surface area contributed by atoms with Gasteiger partial charge in [0.15, 0.2) is 0 Å². The number of phenolic OH excluding ortho intramolecular Hbond substituents is 1. The molecule has 2 aromatic carbocycles. The molecule has 0 spiro atoms. The lowest BCUT2D eigenvalue weighted by molar-refractivity contribution is 0.0776. The van der Waals surface area contributed by atoms with Crippen LogP contribution in [0.1, 0.15) is 11.1 Å². The minimum Gasteiger partial charge on any atom is -0.506 e. The zero-order valence-corrected chi connectivity index (χ0v) is 20.3. The van der Waals surface area contributed by atoms with Gasteiger partial charge in [0.05, 0.1) is 6.61 Å². The summed E-state index contributed by atoms with van der Waals surface area (Å²) < 4.78 is 11.3. The van der Waals surface area contributed by atoms with Gasteiger partial charge in [-0.3, -0.25) is 4.90 Å². The fraction of sp³-hybridized carbons (Fsp3) is 0.458. The summed E-state index contributed by atoms with van der Waals surface area (Å²) in [6, 6.07) is 14.2. The SMILES string of the molecule is C[Si](C)(C)CCOC(=O)N1CCN(Cc2cccc(COc3cccc(O)c3N)c2)CC1. The largest absolute Gasteiger partial charge is 0.506 e. The molecule has 0 aromatic heterocycles. The zero-order chi connectivity index (χ0) is 23.1. The summed E-state index contributed by atoms with van der Waals surface area (Å²) in [5.74, 6) is 0.499. The number of benzene rings is 2. The number of hydrogen-bond acceptors (Lipinski definition) is 6. The van der Waals surface area contributed by atoms with Crippen LogP contribution in [-0.4, -0.2) is 61.9 Å². The summed E-state index contributed by atoms with van der Waals surface area (Å²) in [5.41, 5.74) is 8.34. The number of aromatic hydroxyl groups is 1. The predicted octanol–water partition coefficient (Wildman–Crippen LogP) is 4.15. The lowest BCUT2D eigenvalue weighted by Gasteiger charge is -2.34. The van der Waals surface area contributed by atoms with E-state index in [9.17, 15) is 9.90 Å². The van der Waals surface area contributed by atoms with E-state index >= 15 is 0 Å². The summed E-state index contributed by atoms with van der Waals surface area (Å²) in [6.07, 6.45) is -0.187. The Bertz CT molecular complexity index is 908. The van der Waals surface area contributed by atoms with Crippen molar-refractivity contribution in [1.29, 1.82) is 0 Å². The monoisotopic (exact) mass is 457 g/mol. The average molecular weight is 458 g/mol. The fourth-order valence-corrected chi connectivity index (χ4v) is 4.23. The Morgan fingerprint density at radius 2 is 1.75 bits per heavy atom. The Hall–Kier alpha value is -2.71. The molecular formula is C24H35N3O4Si. The third-order valence-corrected chi connectivity index (χ3v) is 7.25. The number of phenols is 1. The number of piperazine rings is 1. The standard InChI is InChI=1S/C24H35N3O4Si/c1-32(2,3)15-14-30-24(29)27-12-10-26(11-13-27)17-19-6-4-7-20(16-19)18-31-22-9-5-8-21(28)23(22)25/h4-9,16,28H,10-15,17-18,25H2,1-3H3. The van der Waals surface area contributed by atoms with Gasteiger partial charge in [0.25, 0.3) is 0 Å². The number of nitrogen functional groups attached to an aromatic ring is 1. The second-order valence-electron chi connectivity index (χ2n) is 9.49. The van der Waals surface area contributed by atoms with Gasteiger partial charge in [0.1, 0.15) is 23.8 Å². The van der Waals surface area contributed by atoms with E-state index in [-0.39, 0.29) is 17.5 Å². The molecule has 0 aliphatic carbocycles. The second-order valence-corrected chi connectivity index (χ2v) is 15.1. The normalized spacial score (nSPS) is 14.9. The van der Waals surface area contributed by atoms with Gasteiger partial charge in [0, 0.05) is 40.8 Å². The molecule has 174 valence electrons. The van der Waals surface area contributed by atoms with E-state index in [0.29, 0.717) is 32.1 Å². The third kappa shape index (κ3) is 7.17. The van der Waals surface area contributed by atoms with Crippen molar-refractivity contribution in [2.45, 2.75) is 38.8 Å². The highest BCUT2D eigenvalue weighted by Crippen LogP contribution is 2.30. The molecule has 1 fully saturated rings. The Morgan fingerprint density at radius 1 is 1.06 bits per heavy atom. The van der Waals surface area contributed by atoms with Gasteiger partial charge in [-0.15, -0.1) is 0 Å². The van der Waals surface area contributed by atoms with Gasteiger partial charge in [-0.1, -0.05) is 50.0 Å². The number of hydrogen-bond donors (Lipinski definition) is 2. The van der Waals surface area contributed by atoms with E-state index in [2.05, 4.69) is 36.7 Å². The molecule has 3 N–H and O–H groups in total. The van der Waals surface area contributed by atoms with Crippen LogP contribution in [0.3, 0.4) is 0 Å². The first-order chi connectivity index (χ1) is 15.2. The molecule has 0 saturated carbocycles. The summed E-state index contributed by atoms with van der Waals surface area (Å²) >= 11 is 0. The van der Waals surface area contributed by atoms with Crippen molar-refractivity contribution in [2.24, 2.45) is 0 Å². The van der Waals surface area contributed by atoms with E-state index < -0.39 is 8.07 Å². The van der Waals surface area contributed by atoms with Gasteiger partial charge in [-0.25, -0.2) is 4.79 Å². The van der Waals surface area contributed by atoms with Crippen LogP contribution in [0.2, 0.25) is 25.7 Å². The first-order valence-corrected chi connectivity index (χ1v) is 14.8. The minimum absolute atomic E-state index is 0.0235. The number of para-hydroxylation sites is 1. The molecule has 32 heavy (non-hydrogen) atoms. The van der Waals surface area contributed by atoms with E-state index in [0.717, 1.165) is 31.2 Å². The number of carbonyl (C=O) groups excluding carboxylic acids is 1. The smallest absolute Gasteiger partial charge is 0.409 e. The lowest BCUT2D eigenvalue weighted by atomic mass is 10.1. The number of nitrogens with two attached hydrogens (primary N) is 1. The van der Waals surface area contributed by atoms with Gasteiger partial charge in [-0.05, 0) is 29.3 Å². The quantitative estimate of drug-likeness (QED) is 0.352. The highest BCUT2D eigenvalue weighted by atomic mass is 28.3. The van der Waals surface area contributed by atoms with Crippen LogP contribution in [0.4, 0.5) is 10.5 Å². The van der Waals surface area contributed by atoms with E-state index in [1.165, 1.54) is 11.6 Å². The van der Waals surface area contributed by atoms with Crippen molar-refractivity contribution < 1.29 is 19.4 Å². The van der Waals surface area contributed by atoms with Crippen molar-refractivity contribution in [3.63, 3.8) is 0 Å². The molecule has 1 heterocycles. The van der Waals surface area contributed by atoms with Gasteiger partial charge in [0.2, 0.25) is 0 Å². The molecule has 0 bridgehead atoms. The Morgan fingerprint density at radius 3 is 2.47 bits per heavy atom. The third-order valence-electron chi connectivity index (χ3n) is 5.54. The molecule has 2 aromatic rings. The highest BCUT2D eigenvalue weighted by molar-refractivity contribution is 6.76. The maximum absolute atomic E-state index is 12.3. The van der Waals surface area contributed by atoms with Gasteiger partial charge < -0.3 is 25.2 Å². The summed E-state index contributed by atoms with van der Waals surface area (Å²) in [6.45, 7) is 11.6. The Balaban J connectivity index is 1.45. The van der Waals surface area contributed by atoms with E-state index in [4.69, 9.17) is 15.2 Å². The molecular weight excluding hydrogens is 422 g/mol. The number of carbonyl (C=O) groups is 1. The molecule has 1 aliphatic rings. The van der Waals surface area contributed by atoms with Gasteiger partial charge in [-0.2, -0.15) is 0 Å². The number of anilines is 1. The second kappa shape index (κ2) is 10.7. The van der Waals surface area contributed by atoms with Crippen LogP contribution in [-0.2, 0) is 17.9 Å². The molecule has 7 nitrogen and oxygen atoms in total. The molecule has 8 heteroatoms. The first kappa shape index (κ1) is 23.9. The van der Waals surface area contributed by atoms with Crippen LogP contribution in [0.25, 0.3) is 0 Å². The summed E-state index contributed by atoms with van der Waals surface area (Å²) in [5, 5.41) is 9.71. The number of rotatable bonds is 8. The number of ether oxygens (including phenoxy) is 2. The van der Waals surface area contributed by atoms with Crippen LogP contribution >= 0.6 is 0 Å². The topological polar surface area (TPSA) is 88.3 Å². The van der Waals surface area contributed by atoms with Crippen molar-refractivity contribution >= 4 is 19.9 Å². The molecule has 1 saturated heterocycles. The number of amides is 1.